The number of hydrogen-bond donors (Lipinski definition) is 1. The summed E-state index contributed by atoms with van der Waals surface area (Å²) in [6, 6.07) is 8.99. The predicted molar refractivity (Wildman–Crippen MR) is 67.3 cm³/mol. The van der Waals surface area contributed by atoms with Crippen LogP contribution < -0.4 is 5.73 Å². The number of benzene rings is 1. The van der Waals surface area contributed by atoms with Crippen molar-refractivity contribution in [2.75, 3.05) is 0 Å². The highest BCUT2D eigenvalue weighted by Gasteiger charge is 2.22. The Kier molecular flexibility index (Phi) is 3.71. The third-order valence-electron chi connectivity index (χ3n) is 3.13. The SMILES string of the molecule is Cc1ccccc1SC1CCCCC1N. The zero-order chi connectivity index (χ0) is 10.7. The summed E-state index contributed by atoms with van der Waals surface area (Å²) in [5, 5.41) is 0.625. The fourth-order valence-corrected chi connectivity index (χ4v) is 3.46. The highest BCUT2D eigenvalue weighted by atomic mass is 32.2. The average Bonchev–Trinajstić information content (AvgIpc) is 2.24. The monoisotopic (exact) mass is 221 g/mol. The molecule has 0 radical (unpaired) electrons. The van der Waals surface area contributed by atoms with Gasteiger partial charge >= 0.3 is 0 Å². The van der Waals surface area contributed by atoms with Crippen molar-refractivity contribution < 1.29 is 0 Å². The third-order valence-corrected chi connectivity index (χ3v) is 4.73. The van der Waals surface area contributed by atoms with Crippen LogP contribution in [0.3, 0.4) is 0 Å². The Morgan fingerprint density at radius 3 is 2.67 bits per heavy atom. The zero-order valence-electron chi connectivity index (χ0n) is 9.28. The first kappa shape index (κ1) is 11.0. The highest BCUT2D eigenvalue weighted by Crippen LogP contribution is 2.34. The predicted octanol–water partition coefficient (Wildman–Crippen LogP) is 3.36. The highest BCUT2D eigenvalue weighted by molar-refractivity contribution is 8.00. The summed E-state index contributed by atoms with van der Waals surface area (Å²) in [5.41, 5.74) is 7.53. The van der Waals surface area contributed by atoms with E-state index >= 15 is 0 Å². The number of aryl methyl sites for hydroxylation is 1. The summed E-state index contributed by atoms with van der Waals surface area (Å²) >= 11 is 1.97. The maximum atomic E-state index is 6.16. The Labute approximate surface area is 96.4 Å². The quantitative estimate of drug-likeness (QED) is 0.828. The van der Waals surface area contributed by atoms with Crippen molar-refractivity contribution in [1.29, 1.82) is 0 Å². The van der Waals surface area contributed by atoms with Gasteiger partial charge in [0.25, 0.3) is 0 Å². The summed E-state index contributed by atoms with van der Waals surface area (Å²) in [6.45, 7) is 2.18. The molecule has 1 aliphatic carbocycles. The van der Waals surface area contributed by atoms with Crippen LogP contribution in [0.2, 0.25) is 0 Å². The van der Waals surface area contributed by atoms with Crippen LogP contribution in [0.5, 0.6) is 0 Å². The second-order valence-corrected chi connectivity index (χ2v) is 5.65. The van der Waals surface area contributed by atoms with Gasteiger partial charge < -0.3 is 5.73 Å². The lowest BCUT2D eigenvalue weighted by Crippen LogP contribution is -2.35. The summed E-state index contributed by atoms with van der Waals surface area (Å²) in [5.74, 6) is 0. The normalized spacial score (nSPS) is 26.5. The summed E-state index contributed by atoms with van der Waals surface area (Å²) < 4.78 is 0. The van der Waals surface area contributed by atoms with Crippen molar-refractivity contribution >= 4 is 11.8 Å². The molecule has 15 heavy (non-hydrogen) atoms. The van der Waals surface area contributed by atoms with Crippen molar-refractivity contribution in [1.82, 2.24) is 0 Å². The van der Waals surface area contributed by atoms with E-state index in [1.165, 1.54) is 36.1 Å². The van der Waals surface area contributed by atoms with Crippen molar-refractivity contribution in [2.45, 2.75) is 48.8 Å². The van der Waals surface area contributed by atoms with E-state index < -0.39 is 0 Å². The first-order valence-corrected chi connectivity index (χ1v) is 6.63. The van der Waals surface area contributed by atoms with E-state index in [1.54, 1.807) is 0 Å². The van der Waals surface area contributed by atoms with Crippen LogP contribution >= 0.6 is 11.8 Å². The van der Waals surface area contributed by atoms with Gasteiger partial charge in [-0.05, 0) is 31.4 Å². The Bertz CT molecular complexity index is 324. The second kappa shape index (κ2) is 5.04. The first-order valence-electron chi connectivity index (χ1n) is 5.75. The molecule has 1 aromatic carbocycles. The molecule has 0 heterocycles. The van der Waals surface area contributed by atoms with Crippen LogP contribution in [0.4, 0.5) is 0 Å². The standard InChI is InChI=1S/C13H19NS/c1-10-6-2-4-8-12(10)15-13-9-5-3-7-11(13)14/h2,4,6,8,11,13H,3,5,7,9,14H2,1H3. The van der Waals surface area contributed by atoms with Crippen LogP contribution in [0, 0.1) is 6.92 Å². The molecule has 0 aromatic heterocycles. The molecule has 2 heteroatoms. The van der Waals surface area contributed by atoms with E-state index in [0.717, 1.165) is 0 Å². The van der Waals surface area contributed by atoms with Gasteiger partial charge in [-0.25, -0.2) is 0 Å². The van der Waals surface area contributed by atoms with Gasteiger partial charge in [-0.15, -0.1) is 11.8 Å². The van der Waals surface area contributed by atoms with E-state index in [1.807, 2.05) is 11.8 Å². The minimum atomic E-state index is 0.392. The summed E-state index contributed by atoms with van der Waals surface area (Å²) in [6.07, 6.45) is 5.13. The van der Waals surface area contributed by atoms with Crippen molar-refractivity contribution in [3.63, 3.8) is 0 Å². The van der Waals surface area contributed by atoms with Crippen molar-refractivity contribution in [3.05, 3.63) is 29.8 Å². The van der Waals surface area contributed by atoms with E-state index in [4.69, 9.17) is 5.73 Å². The number of thioether (sulfide) groups is 1. The van der Waals surface area contributed by atoms with Gasteiger partial charge in [0, 0.05) is 16.2 Å². The lowest BCUT2D eigenvalue weighted by molar-refractivity contribution is 0.453. The molecule has 1 nitrogen and oxygen atoms in total. The fourth-order valence-electron chi connectivity index (χ4n) is 2.12. The summed E-state index contributed by atoms with van der Waals surface area (Å²) in [4.78, 5) is 1.40. The first-order chi connectivity index (χ1) is 7.27. The third kappa shape index (κ3) is 2.76. The van der Waals surface area contributed by atoms with Crippen LogP contribution in [-0.4, -0.2) is 11.3 Å². The van der Waals surface area contributed by atoms with Gasteiger partial charge in [-0.1, -0.05) is 31.0 Å². The van der Waals surface area contributed by atoms with Gasteiger partial charge in [0.2, 0.25) is 0 Å². The molecule has 1 aliphatic rings. The molecule has 2 unspecified atom stereocenters. The summed E-state index contributed by atoms with van der Waals surface area (Å²) in [7, 11) is 0. The van der Waals surface area contributed by atoms with Gasteiger partial charge in [-0.2, -0.15) is 0 Å². The molecule has 0 spiro atoms. The number of hydrogen-bond acceptors (Lipinski definition) is 2. The largest absolute Gasteiger partial charge is 0.327 e. The Balaban J connectivity index is 2.04. The molecule has 0 bridgehead atoms. The maximum Gasteiger partial charge on any atom is 0.0246 e. The molecular formula is C13H19NS. The molecule has 2 N–H and O–H groups in total. The van der Waals surface area contributed by atoms with Gasteiger partial charge in [-0.3, -0.25) is 0 Å². The van der Waals surface area contributed by atoms with E-state index in [2.05, 4.69) is 31.2 Å². The Hall–Kier alpha value is -0.470. The molecule has 82 valence electrons. The second-order valence-electron chi connectivity index (χ2n) is 4.37. The van der Waals surface area contributed by atoms with Crippen LogP contribution in [0.25, 0.3) is 0 Å². The number of rotatable bonds is 2. The molecule has 1 aromatic rings. The molecule has 0 saturated heterocycles. The lowest BCUT2D eigenvalue weighted by Gasteiger charge is -2.28. The molecule has 0 aliphatic heterocycles. The topological polar surface area (TPSA) is 26.0 Å². The van der Waals surface area contributed by atoms with Crippen molar-refractivity contribution in [2.24, 2.45) is 5.73 Å². The Morgan fingerprint density at radius 1 is 1.20 bits per heavy atom. The fraction of sp³-hybridized carbons (Fsp3) is 0.538. The van der Waals surface area contributed by atoms with Crippen molar-refractivity contribution in [3.8, 4) is 0 Å². The average molecular weight is 221 g/mol. The molecular weight excluding hydrogens is 202 g/mol. The zero-order valence-corrected chi connectivity index (χ0v) is 10.1. The molecule has 0 amide bonds. The van der Waals surface area contributed by atoms with Crippen LogP contribution in [0.1, 0.15) is 31.2 Å². The van der Waals surface area contributed by atoms with Crippen LogP contribution in [0.15, 0.2) is 29.2 Å². The van der Waals surface area contributed by atoms with Gasteiger partial charge in [0.15, 0.2) is 0 Å². The van der Waals surface area contributed by atoms with E-state index in [-0.39, 0.29) is 0 Å². The van der Waals surface area contributed by atoms with Gasteiger partial charge in [0.05, 0.1) is 0 Å². The van der Waals surface area contributed by atoms with Crippen LogP contribution in [-0.2, 0) is 0 Å². The number of nitrogens with two attached hydrogens (primary N) is 1. The minimum Gasteiger partial charge on any atom is -0.327 e. The maximum absolute atomic E-state index is 6.16. The van der Waals surface area contributed by atoms with E-state index in [9.17, 15) is 0 Å². The Morgan fingerprint density at radius 2 is 1.93 bits per heavy atom. The smallest absolute Gasteiger partial charge is 0.0246 e. The molecule has 1 saturated carbocycles. The molecule has 1 fully saturated rings. The van der Waals surface area contributed by atoms with Gasteiger partial charge in [0.1, 0.15) is 0 Å². The van der Waals surface area contributed by atoms with E-state index in [0.29, 0.717) is 11.3 Å². The lowest BCUT2D eigenvalue weighted by atomic mass is 9.96. The molecule has 2 rings (SSSR count). The minimum absolute atomic E-state index is 0.392. The molecule has 2 atom stereocenters.